The van der Waals surface area contributed by atoms with Gasteiger partial charge in [0, 0.05) is 0 Å². The van der Waals surface area contributed by atoms with E-state index in [4.69, 9.17) is 0 Å². The Kier molecular flexibility index (Phi) is 4.79. The average Bonchev–Trinajstić information content (AvgIpc) is 2.84. The Morgan fingerprint density at radius 2 is 1.95 bits per heavy atom. The van der Waals surface area contributed by atoms with Gasteiger partial charge in [0.25, 0.3) is 0 Å². The molecule has 6 heteroatoms. The van der Waals surface area contributed by atoms with Crippen molar-refractivity contribution in [2.24, 2.45) is 0 Å². The lowest BCUT2D eigenvalue weighted by Gasteiger charge is -2.08. The summed E-state index contributed by atoms with van der Waals surface area (Å²) in [6.45, 7) is 7.78. The second-order valence-corrected chi connectivity index (χ2v) is 4.97. The second kappa shape index (κ2) is 6.56. The molecule has 0 bridgehead atoms. The number of benzene rings is 1. The normalized spacial score (nSPS) is 11.0. The first-order valence-electron chi connectivity index (χ1n) is 6.83. The monoisotopic (exact) mass is 277 g/mol. The molecule has 0 aliphatic heterocycles. The van der Waals surface area contributed by atoms with Gasteiger partial charge >= 0.3 is 0 Å². The smallest absolute Gasteiger partial charge is 0.165 e. The van der Waals surface area contributed by atoms with Crippen LogP contribution in [0.1, 0.15) is 35.9 Å². The van der Waals surface area contributed by atoms with Crippen molar-refractivity contribution >= 4 is 0 Å². The van der Waals surface area contributed by atoms with Crippen molar-refractivity contribution in [3.05, 3.63) is 40.5 Å². The summed E-state index contributed by atoms with van der Waals surface area (Å²) in [5, 5.41) is 15.0. The Labute approximate surface area is 118 Å². The average molecular weight is 277 g/mol. The Balaban J connectivity index is 2.12. The van der Waals surface area contributed by atoms with E-state index >= 15 is 0 Å². The number of nitrogens with one attached hydrogen (secondary N) is 1. The van der Waals surface area contributed by atoms with Crippen LogP contribution >= 0.6 is 0 Å². The third-order valence-electron chi connectivity index (χ3n) is 3.14. The molecule has 0 saturated heterocycles. The molecule has 0 spiro atoms. The summed E-state index contributed by atoms with van der Waals surface area (Å²) in [7, 11) is 0. The van der Waals surface area contributed by atoms with Crippen LogP contribution in [-0.2, 0) is 13.1 Å². The lowest BCUT2D eigenvalue weighted by Crippen LogP contribution is -2.18. The topological polar surface area (TPSA) is 55.6 Å². The number of tetrazole rings is 1. The van der Waals surface area contributed by atoms with Crippen molar-refractivity contribution in [1.82, 2.24) is 25.5 Å². The Hall–Kier alpha value is -1.82. The summed E-state index contributed by atoms with van der Waals surface area (Å²) >= 11 is 0. The van der Waals surface area contributed by atoms with Gasteiger partial charge < -0.3 is 5.32 Å². The first kappa shape index (κ1) is 14.6. The van der Waals surface area contributed by atoms with E-state index in [1.54, 1.807) is 18.5 Å². The summed E-state index contributed by atoms with van der Waals surface area (Å²) in [6, 6.07) is 3.68. The molecule has 0 aliphatic carbocycles. The van der Waals surface area contributed by atoms with Crippen LogP contribution in [0.25, 0.3) is 0 Å². The lowest BCUT2D eigenvalue weighted by atomic mass is 10.1. The molecule has 1 heterocycles. The van der Waals surface area contributed by atoms with E-state index in [1.165, 1.54) is 0 Å². The van der Waals surface area contributed by atoms with E-state index in [2.05, 4.69) is 27.8 Å². The highest BCUT2D eigenvalue weighted by Gasteiger charge is 2.09. The number of aromatic nitrogens is 4. The van der Waals surface area contributed by atoms with Crippen molar-refractivity contribution in [1.29, 1.82) is 0 Å². The zero-order valence-corrected chi connectivity index (χ0v) is 12.1. The Morgan fingerprint density at radius 1 is 1.25 bits per heavy atom. The largest absolute Gasteiger partial charge is 0.310 e. The molecule has 0 atom stereocenters. The van der Waals surface area contributed by atoms with Gasteiger partial charge in [-0.05, 0) is 53.9 Å². The summed E-state index contributed by atoms with van der Waals surface area (Å²) < 4.78 is 15.4. The molecule has 0 radical (unpaired) electrons. The minimum atomic E-state index is -0.143. The van der Waals surface area contributed by atoms with Crippen molar-refractivity contribution in [3.8, 4) is 0 Å². The van der Waals surface area contributed by atoms with Gasteiger partial charge in [-0.15, -0.1) is 5.10 Å². The molecule has 0 fully saturated rings. The predicted octanol–water partition coefficient (Wildman–Crippen LogP) is 1.98. The van der Waals surface area contributed by atoms with E-state index in [1.807, 2.05) is 12.1 Å². The molecular weight excluding hydrogens is 257 g/mol. The maximum Gasteiger partial charge on any atom is 0.165 e. The molecule has 1 N–H and O–H groups in total. The lowest BCUT2D eigenvalue weighted by molar-refractivity contribution is 0.573. The molecule has 1 aromatic carbocycles. The SMILES string of the molecule is CCCNCc1nnnn1Cc1cc(C)c(F)c(C)c1. The molecule has 0 unspecified atom stereocenters. The first-order chi connectivity index (χ1) is 9.61. The maximum absolute atomic E-state index is 13.6. The van der Waals surface area contributed by atoms with Gasteiger partial charge in [0.2, 0.25) is 0 Å². The maximum atomic E-state index is 13.6. The van der Waals surface area contributed by atoms with Crippen LogP contribution in [0.5, 0.6) is 0 Å². The van der Waals surface area contributed by atoms with Gasteiger partial charge in [-0.3, -0.25) is 0 Å². The number of hydrogen-bond donors (Lipinski definition) is 1. The van der Waals surface area contributed by atoms with Gasteiger partial charge in [-0.1, -0.05) is 19.1 Å². The minimum absolute atomic E-state index is 0.143. The summed E-state index contributed by atoms with van der Waals surface area (Å²) in [6.07, 6.45) is 1.07. The predicted molar refractivity (Wildman–Crippen MR) is 74.8 cm³/mol. The summed E-state index contributed by atoms with van der Waals surface area (Å²) in [5.41, 5.74) is 2.31. The van der Waals surface area contributed by atoms with Crippen LogP contribution in [0.15, 0.2) is 12.1 Å². The highest BCUT2D eigenvalue weighted by molar-refractivity contribution is 5.30. The standard InChI is InChI=1S/C14H20FN5/c1-4-5-16-8-13-17-18-19-20(13)9-12-6-10(2)14(15)11(3)7-12/h6-7,16H,4-5,8-9H2,1-3H3. The van der Waals surface area contributed by atoms with Gasteiger partial charge in [0.1, 0.15) is 5.82 Å². The van der Waals surface area contributed by atoms with Gasteiger partial charge in [0.05, 0.1) is 13.1 Å². The van der Waals surface area contributed by atoms with Crippen molar-refractivity contribution in [2.75, 3.05) is 6.54 Å². The van der Waals surface area contributed by atoms with Gasteiger partial charge in [-0.25, -0.2) is 9.07 Å². The fourth-order valence-corrected chi connectivity index (χ4v) is 2.15. The van der Waals surface area contributed by atoms with E-state index in [-0.39, 0.29) is 5.82 Å². The highest BCUT2D eigenvalue weighted by Crippen LogP contribution is 2.15. The third-order valence-corrected chi connectivity index (χ3v) is 3.14. The molecule has 2 rings (SSSR count). The fourth-order valence-electron chi connectivity index (χ4n) is 2.15. The van der Waals surface area contributed by atoms with Crippen LogP contribution in [0, 0.1) is 19.7 Å². The number of halogens is 1. The van der Waals surface area contributed by atoms with Crippen LogP contribution in [0.4, 0.5) is 4.39 Å². The fraction of sp³-hybridized carbons (Fsp3) is 0.500. The second-order valence-electron chi connectivity index (χ2n) is 4.97. The zero-order chi connectivity index (χ0) is 14.5. The number of rotatable bonds is 6. The number of aryl methyl sites for hydroxylation is 2. The Bertz CT molecular complexity index is 556. The van der Waals surface area contributed by atoms with E-state index in [0.717, 1.165) is 24.4 Å². The van der Waals surface area contributed by atoms with Crippen LogP contribution < -0.4 is 5.32 Å². The van der Waals surface area contributed by atoms with Crippen LogP contribution in [-0.4, -0.2) is 26.8 Å². The van der Waals surface area contributed by atoms with Gasteiger partial charge in [-0.2, -0.15) is 0 Å². The molecule has 2 aromatic rings. The van der Waals surface area contributed by atoms with Crippen molar-refractivity contribution in [3.63, 3.8) is 0 Å². The Morgan fingerprint density at radius 3 is 2.60 bits per heavy atom. The minimum Gasteiger partial charge on any atom is -0.310 e. The van der Waals surface area contributed by atoms with Gasteiger partial charge in [0.15, 0.2) is 5.82 Å². The third kappa shape index (κ3) is 3.39. The zero-order valence-electron chi connectivity index (χ0n) is 12.1. The molecule has 0 saturated carbocycles. The van der Waals surface area contributed by atoms with E-state index in [0.29, 0.717) is 24.2 Å². The van der Waals surface area contributed by atoms with E-state index in [9.17, 15) is 4.39 Å². The molecule has 5 nitrogen and oxygen atoms in total. The number of hydrogen-bond acceptors (Lipinski definition) is 4. The summed E-state index contributed by atoms with van der Waals surface area (Å²) in [5.74, 6) is 0.647. The van der Waals surface area contributed by atoms with Crippen LogP contribution in [0.2, 0.25) is 0 Å². The molecular formula is C14H20FN5. The molecule has 20 heavy (non-hydrogen) atoms. The first-order valence-corrected chi connectivity index (χ1v) is 6.83. The van der Waals surface area contributed by atoms with Crippen molar-refractivity contribution in [2.45, 2.75) is 40.3 Å². The summed E-state index contributed by atoms with van der Waals surface area (Å²) in [4.78, 5) is 0. The van der Waals surface area contributed by atoms with Crippen LogP contribution in [0.3, 0.4) is 0 Å². The van der Waals surface area contributed by atoms with Crippen molar-refractivity contribution < 1.29 is 4.39 Å². The van der Waals surface area contributed by atoms with E-state index < -0.39 is 0 Å². The number of nitrogens with zero attached hydrogens (tertiary/aromatic N) is 4. The molecule has 0 amide bonds. The quantitative estimate of drug-likeness (QED) is 0.820. The molecule has 1 aromatic heterocycles. The molecule has 108 valence electrons. The molecule has 0 aliphatic rings. The highest BCUT2D eigenvalue weighted by atomic mass is 19.1.